The van der Waals surface area contributed by atoms with Crippen LogP contribution in [0.25, 0.3) is 0 Å². The lowest BCUT2D eigenvalue weighted by Crippen LogP contribution is -2.24. The zero-order valence-electron chi connectivity index (χ0n) is 15.0. The van der Waals surface area contributed by atoms with Gasteiger partial charge in [0.1, 0.15) is 11.5 Å². The highest BCUT2D eigenvalue weighted by Crippen LogP contribution is 2.20. The molecule has 2 heterocycles. The molecule has 0 amide bonds. The molecule has 4 rings (SSSR count). The number of aromatic nitrogens is 2. The topological polar surface area (TPSA) is 46.9 Å². The molecule has 1 N–H and O–H groups in total. The van der Waals surface area contributed by atoms with Crippen molar-refractivity contribution in [2.45, 2.75) is 25.9 Å². The lowest BCUT2D eigenvalue weighted by atomic mass is 9.95. The number of halogens is 3. The zero-order valence-corrected chi connectivity index (χ0v) is 15.0. The predicted octanol–water partition coefficient (Wildman–Crippen LogP) is 3.42. The second-order valence-corrected chi connectivity index (χ2v) is 6.92. The molecule has 28 heavy (non-hydrogen) atoms. The summed E-state index contributed by atoms with van der Waals surface area (Å²) in [7, 11) is 0. The Labute approximate surface area is 160 Å². The number of imidazole rings is 1. The van der Waals surface area contributed by atoms with Crippen molar-refractivity contribution in [3.63, 3.8) is 0 Å². The van der Waals surface area contributed by atoms with Crippen molar-refractivity contribution in [3.8, 4) is 0 Å². The van der Waals surface area contributed by atoms with Gasteiger partial charge in [-0.25, -0.2) is 18.2 Å². The summed E-state index contributed by atoms with van der Waals surface area (Å²) in [5, 5.41) is 3.19. The summed E-state index contributed by atoms with van der Waals surface area (Å²) in [5.41, 5.74) is 3.11. The van der Waals surface area contributed by atoms with Crippen LogP contribution in [0.4, 0.5) is 13.2 Å². The van der Waals surface area contributed by atoms with Crippen molar-refractivity contribution < 1.29 is 18.0 Å². The Morgan fingerprint density at radius 3 is 2.75 bits per heavy atom. The van der Waals surface area contributed by atoms with E-state index in [1.54, 1.807) is 10.6 Å². The summed E-state index contributed by atoms with van der Waals surface area (Å²) in [5.74, 6) is -2.52. The Balaban J connectivity index is 1.48. The summed E-state index contributed by atoms with van der Waals surface area (Å²) in [6, 6.07) is 6.89. The third-order valence-corrected chi connectivity index (χ3v) is 4.87. The average Bonchev–Trinajstić information content (AvgIpc) is 3.14. The molecule has 0 aliphatic carbocycles. The second kappa shape index (κ2) is 7.59. The van der Waals surface area contributed by atoms with Crippen LogP contribution in [0.5, 0.6) is 0 Å². The van der Waals surface area contributed by atoms with E-state index in [1.807, 2.05) is 0 Å². The lowest BCUT2D eigenvalue weighted by molar-refractivity contribution is 0.0987. The van der Waals surface area contributed by atoms with E-state index in [0.717, 1.165) is 36.2 Å². The van der Waals surface area contributed by atoms with E-state index in [1.165, 1.54) is 24.7 Å². The monoisotopic (exact) mass is 385 g/mol. The molecule has 0 atom stereocenters. The molecule has 0 spiro atoms. The van der Waals surface area contributed by atoms with Crippen molar-refractivity contribution >= 4 is 5.78 Å². The quantitative estimate of drug-likeness (QED) is 0.685. The molecule has 0 saturated heterocycles. The Hall–Kier alpha value is -2.93. The molecule has 144 valence electrons. The summed E-state index contributed by atoms with van der Waals surface area (Å²) in [4.78, 5) is 16.6. The molecular formula is C21H18F3N3O. The van der Waals surface area contributed by atoms with Crippen LogP contribution >= 0.6 is 0 Å². The number of fused-ring (bicyclic) bond motifs is 1. The third kappa shape index (κ3) is 3.84. The smallest absolute Gasteiger partial charge is 0.187 e. The minimum absolute atomic E-state index is 0.0747. The summed E-state index contributed by atoms with van der Waals surface area (Å²) >= 11 is 0. The number of rotatable bonds is 5. The molecule has 3 aromatic rings. The van der Waals surface area contributed by atoms with E-state index in [9.17, 15) is 18.0 Å². The minimum Gasteiger partial charge on any atom is -0.332 e. The van der Waals surface area contributed by atoms with E-state index in [0.29, 0.717) is 17.7 Å². The number of hydrogen-bond acceptors (Lipinski definition) is 3. The molecule has 4 nitrogen and oxygen atoms in total. The maximum atomic E-state index is 14.3. The fraction of sp³-hybridized carbons (Fsp3) is 0.238. The molecule has 7 heteroatoms. The fourth-order valence-corrected chi connectivity index (χ4v) is 3.39. The highest BCUT2D eigenvalue weighted by molar-refractivity contribution is 5.95. The molecule has 0 fully saturated rings. The van der Waals surface area contributed by atoms with Crippen LogP contribution in [0.1, 0.15) is 32.7 Å². The molecule has 0 radical (unpaired) electrons. The number of benzene rings is 2. The van der Waals surface area contributed by atoms with Gasteiger partial charge < -0.3 is 9.88 Å². The summed E-state index contributed by atoms with van der Waals surface area (Å²) < 4.78 is 42.3. The van der Waals surface area contributed by atoms with Gasteiger partial charge in [0.2, 0.25) is 0 Å². The number of carbonyl (C=O) groups is 1. The van der Waals surface area contributed by atoms with Gasteiger partial charge in [-0.1, -0.05) is 12.1 Å². The Bertz CT molecular complexity index is 1050. The number of carbonyl (C=O) groups excluding carboxylic acids is 1. The standard InChI is InChI=1S/C21H18F3N3O/c22-17-2-1-13(5-19(17)24)10-27-11-20(26-12-27)21(28)8-15-6-14-3-4-25-9-16(14)7-18(15)23/h1-2,5-7,11-12,25H,3-4,8-10H2. The van der Waals surface area contributed by atoms with Crippen LogP contribution in [0, 0.1) is 17.5 Å². The first kappa shape index (κ1) is 18.4. The number of Topliss-reactive ketones (excluding diaryl/α,β-unsaturated/α-hetero) is 1. The minimum atomic E-state index is -0.924. The van der Waals surface area contributed by atoms with Crippen molar-refractivity contribution in [2.24, 2.45) is 0 Å². The second-order valence-electron chi connectivity index (χ2n) is 6.92. The molecule has 0 saturated carbocycles. The lowest BCUT2D eigenvalue weighted by Gasteiger charge is -2.18. The van der Waals surface area contributed by atoms with E-state index in [2.05, 4.69) is 10.3 Å². The van der Waals surface area contributed by atoms with Gasteiger partial charge >= 0.3 is 0 Å². The van der Waals surface area contributed by atoms with Gasteiger partial charge in [0.05, 0.1) is 6.33 Å². The first-order valence-electron chi connectivity index (χ1n) is 8.99. The van der Waals surface area contributed by atoms with E-state index in [4.69, 9.17) is 0 Å². The van der Waals surface area contributed by atoms with Crippen molar-refractivity contribution in [3.05, 3.63) is 88.3 Å². The Kier molecular flexibility index (Phi) is 5.00. The zero-order chi connectivity index (χ0) is 19.7. The highest BCUT2D eigenvalue weighted by Gasteiger charge is 2.17. The van der Waals surface area contributed by atoms with E-state index < -0.39 is 17.5 Å². The third-order valence-electron chi connectivity index (χ3n) is 4.87. The number of nitrogens with zero attached hydrogens (tertiary/aromatic N) is 2. The summed E-state index contributed by atoms with van der Waals surface area (Å²) in [6.45, 7) is 1.72. The first-order chi connectivity index (χ1) is 13.5. The van der Waals surface area contributed by atoms with Crippen LogP contribution in [0.2, 0.25) is 0 Å². The molecule has 0 bridgehead atoms. The van der Waals surface area contributed by atoms with Crippen molar-refractivity contribution in [1.82, 2.24) is 14.9 Å². The normalized spacial score (nSPS) is 13.4. The van der Waals surface area contributed by atoms with Gasteiger partial charge in [-0.2, -0.15) is 0 Å². The molecule has 1 aliphatic heterocycles. The van der Waals surface area contributed by atoms with E-state index in [-0.39, 0.29) is 24.4 Å². The number of nitrogens with one attached hydrogen (secondary N) is 1. The van der Waals surface area contributed by atoms with Gasteiger partial charge in [0, 0.05) is 25.7 Å². The SMILES string of the molecule is O=C(Cc1cc2c(cc1F)CNCC2)c1cn(Cc2ccc(F)c(F)c2)cn1. The maximum Gasteiger partial charge on any atom is 0.187 e. The van der Waals surface area contributed by atoms with Gasteiger partial charge in [0.15, 0.2) is 17.4 Å². The maximum absolute atomic E-state index is 14.3. The molecular weight excluding hydrogens is 367 g/mol. The Morgan fingerprint density at radius 1 is 1.07 bits per heavy atom. The van der Waals surface area contributed by atoms with Gasteiger partial charge in [-0.15, -0.1) is 0 Å². The Morgan fingerprint density at radius 2 is 1.93 bits per heavy atom. The highest BCUT2D eigenvalue weighted by atomic mass is 19.2. The molecule has 1 aliphatic rings. The molecule has 1 aromatic heterocycles. The largest absolute Gasteiger partial charge is 0.332 e. The van der Waals surface area contributed by atoms with Gasteiger partial charge in [-0.3, -0.25) is 4.79 Å². The first-order valence-corrected chi connectivity index (χ1v) is 8.99. The van der Waals surface area contributed by atoms with Gasteiger partial charge in [0.25, 0.3) is 0 Å². The van der Waals surface area contributed by atoms with Crippen LogP contribution in [0.3, 0.4) is 0 Å². The van der Waals surface area contributed by atoms with E-state index >= 15 is 0 Å². The van der Waals surface area contributed by atoms with Crippen LogP contribution in [-0.2, 0) is 25.9 Å². The molecule has 0 unspecified atom stereocenters. The van der Waals surface area contributed by atoms with Crippen LogP contribution < -0.4 is 5.32 Å². The average molecular weight is 385 g/mol. The fourth-order valence-electron chi connectivity index (χ4n) is 3.39. The van der Waals surface area contributed by atoms with Crippen LogP contribution in [-0.4, -0.2) is 21.9 Å². The summed E-state index contributed by atoms with van der Waals surface area (Å²) in [6.07, 6.45) is 3.71. The molecule has 2 aromatic carbocycles. The number of ketones is 1. The predicted molar refractivity (Wildman–Crippen MR) is 97.5 cm³/mol. The van der Waals surface area contributed by atoms with Crippen molar-refractivity contribution in [2.75, 3.05) is 6.54 Å². The van der Waals surface area contributed by atoms with Gasteiger partial charge in [-0.05, 0) is 53.4 Å². The van der Waals surface area contributed by atoms with Crippen LogP contribution in [0.15, 0.2) is 42.9 Å². The van der Waals surface area contributed by atoms with Crippen molar-refractivity contribution in [1.29, 1.82) is 0 Å². The number of hydrogen-bond donors (Lipinski definition) is 1.